The lowest BCUT2D eigenvalue weighted by molar-refractivity contribution is 0.572. The molecule has 18 heavy (non-hydrogen) atoms. The van der Waals surface area contributed by atoms with Crippen LogP contribution >= 0.6 is 0 Å². The topological polar surface area (TPSA) is 52.0 Å². The Kier molecular flexibility index (Phi) is 4.15. The van der Waals surface area contributed by atoms with Crippen LogP contribution in [0.2, 0.25) is 0 Å². The van der Waals surface area contributed by atoms with Gasteiger partial charge in [0.2, 0.25) is 5.89 Å². The molecule has 0 saturated carbocycles. The average molecular weight is 244 g/mol. The first-order chi connectivity index (χ1) is 8.69. The summed E-state index contributed by atoms with van der Waals surface area (Å²) in [7, 11) is 0. The lowest BCUT2D eigenvalue weighted by Crippen LogP contribution is -2.02. The van der Waals surface area contributed by atoms with Crippen molar-refractivity contribution in [3.8, 4) is 11.5 Å². The molecule has 0 amide bonds. The van der Waals surface area contributed by atoms with Crippen molar-refractivity contribution in [3.63, 3.8) is 0 Å². The van der Waals surface area contributed by atoms with Gasteiger partial charge in [0.1, 0.15) is 6.26 Å². The van der Waals surface area contributed by atoms with Crippen molar-refractivity contribution in [3.05, 3.63) is 41.8 Å². The predicted molar refractivity (Wildman–Crippen MR) is 73.2 cm³/mol. The van der Waals surface area contributed by atoms with E-state index in [0.29, 0.717) is 18.4 Å². The second kappa shape index (κ2) is 5.83. The summed E-state index contributed by atoms with van der Waals surface area (Å²) in [6.45, 7) is 5.04. The van der Waals surface area contributed by atoms with Crippen molar-refractivity contribution in [2.75, 3.05) is 6.54 Å². The molecule has 1 heterocycles. The minimum Gasteiger partial charge on any atom is -0.444 e. The first-order valence-corrected chi connectivity index (χ1v) is 6.43. The van der Waals surface area contributed by atoms with E-state index in [2.05, 4.69) is 43.1 Å². The molecule has 0 bridgehead atoms. The molecule has 0 aliphatic carbocycles. The Morgan fingerprint density at radius 2 is 1.94 bits per heavy atom. The molecule has 1 aromatic carbocycles. The van der Waals surface area contributed by atoms with E-state index in [-0.39, 0.29) is 0 Å². The fraction of sp³-hybridized carbons (Fsp3) is 0.400. The van der Waals surface area contributed by atoms with E-state index < -0.39 is 0 Å². The molecule has 0 unspecified atom stereocenters. The highest BCUT2D eigenvalue weighted by molar-refractivity contribution is 5.53. The Labute approximate surface area is 108 Å². The lowest BCUT2D eigenvalue weighted by atomic mass is 10.0. The van der Waals surface area contributed by atoms with E-state index in [4.69, 9.17) is 10.2 Å². The molecule has 2 N–H and O–H groups in total. The average Bonchev–Trinajstić information content (AvgIpc) is 2.78. The number of benzene rings is 1. The van der Waals surface area contributed by atoms with Gasteiger partial charge in [0.25, 0.3) is 0 Å². The van der Waals surface area contributed by atoms with Crippen molar-refractivity contribution >= 4 is 0 Å². The van der Waals surface area contributed by atoms with E-state index >= 15 is 0 Å². The van der Waals surface area contributed by atoms with Crippen LogP contribution in [0.25, 0.3) is 11.5 Å². The molecule has 2 rings (SSSR count). The van der Waals surface area contributed by atoms with Crippen molar-refractivity contribution in [2.45, 2.75) is 26.7 Å². The van der Waals surface area contributed by atoms with Crippen LogP contribution in [0.5, 0.6) is 0 Å². The second-order valence-electron chi connectivity index (χ2n) is 4.98. The van der Waals surface area contributed by atoms with Crippen LogP contribution in [0.3, 0.4) is 0 Å². The molecule has 1 aromatic heterocycles. The van der Waals surface area contributed by atoms with E-state index in [1.807, 2.05) is 0 Å². The maximum atomic E-state index is 5.49. The van der Waals surface area contributed by atoms with Crippen molar-refractivity contribution in [1.29, 1.82) is 0 Å². The first-order valence-electron chi connectivity index (χ1n) is 6.43. The van der Waals surface area contributed by atoms with E-state index in [1.165, 1.54) is 5.56 Å². The van der Waals surface area contributed by atoms with Crippen LogP contribution < -0.4 is 5.73 Å². The zero-order valence-electron chi connectivity index (χ0n) is 11.0. The van der Waals surface area contributed by atoms with Gasteiger partial charge in [0, 0.05) is 12.0 Å². The Hall–Kier alpha value is -1.61. The third-order valence-corrected chi connectivity index (χ3v) is 2.80. The van der Waals surface area contributed by atoms with Crippen LogP contribution in [0.1, 0.15) is 25.1 Å². The monoisotopic (exact) mass is 244 g/mol. The van der Waals surface area contributed by atoms with Crippen molar-refractivity contribution in [1.82, 2.24) is 4.98 Å². The van der Waals surface area contributed by atoms with Crippen LogP contribution in [0, 0.1) is 5.92 Å². The summed E-state index contributed by atoms with van der Waals surface area (Å²) in [6, 6.07) is 8.41. The summed E-state index contributed by atoms with van der Waals surface area (Å²) in [4.78, 5) is 4.41. The van der Waals surface area contributed by atoms with Gasteiger partial charge in [-0.05, 0) is 36.6 Å². The molecule has 0 radical (unpaired) electrons. The molecule has 0 saturated heterocycles. The SMILES string of the molecule is CC(C)Cc1ccc(-c2nc(CCN)co2)cc1. The molecule has 3 nitrogen and oxygen atoms in total. The van der Waals surface area contributed by atoms with Gasteiger partial charge < -0.3 is 10.2 Å². The highest BCUT2D eigenvalue weighted by Gasteiger charge is 2.06. The second-order valence-corrected chi connectivity index (χ2v) is 4.98. The van der Waals surface area contributed by atoms with Gasteiger partial charge in [0.15, 0.2) is 0 Å². The molecule has 0 fully saturated rings. The summed E-state index contributed by atoms with van der Waals surface area (Å²) in [5, 5.41) is 0. The maximum absolute atomic E-state index is 5.49. The van der Waals surface area contributed by atoms with Crippen molar-refractivity contribution in [2.24, 2.45) is 11.7 Å². The standard InChI is InChI=1S/C15H20N2O/c1-11(2)9-12-3-5-13(6-4-12)15-17-14(7-8-16)10-18-15/h3-6,10-11H,7-9,16H2,1-2H3. The fourth-order valence-electron chi connectivity index (χ4n) is 1.96. The molecule has 0 spiro atoms. The van der Waals surface area contributed by atoms with Crippen LogP contribution in [0.4, 0.5) is 0 Å². The largest absolute Gasteiger partial charge is 0.444 e. The summed E-state index contributed by atoms with van der Waals surface area (Å²) >= 11 is 0. The van der Waals surface area contributed by atoms with Gasteiger partial charge in [-0.25, -0.2) is 4.98 Å². The number of nitrogens with zero attached hydrogens (tertiary/aromatic N) is 1. The quantitative estimate of drug-likeness (QED) is 0.879. The molecule has 3 heteroatoms. The lowest BCUT2D eigenvalue weighted by Gasteiger charge is -2.04. The summed E-state index contributed by atoms with van der Waals surface area (Å²) in [5.74, 6) is 1.35. The molecular weight excluding hydrogens is 224 g/mol. The predicted octanol–water partition coefficient (Wildman–Crippen LogP) is 3.04. The molecule has 96 valence electrons. The van der Waals surface area contributed by atoms with Gasteiger partial charge in [-0.15, -0.1) is 0 Å². The van der Waals surface area contributed by atoms with Gasteiger partial charge in [-0.1, -0.05) is 26.0 Å². The van der Waals surface area contributed by atoms with Crippen LogP contribution in [-0.4, -0.2) is 11.5 Å². The summed E-state index contributed by atoms with van der Waals surface area (Å²) in [5.41, 5.74) is 8.78. The minimum absolute atomic E-state index is 0.597. The van der Waals surface area contributed by atoms with Gasteiger partial charge in [-0.3, -0.25) is 0 Å². The van der Waals surface area contributed by atoms with Crippen LogP contribution in [0.15, 0.2) is 34.9 Å². The first kappa shape index (κ1) is 12.8. The van der Waals surface area contributed by atoms with Gasteiger partial charge in [-0.2, -0.15) is 0 Å². The third-order valence-electron chi connectivity index (χ3n) is 2.80. The maximum Gasteiger partial charge on any atom is 0.226 e. The van der Waals surface area contributed by atoms with Gasteiger partial charge >= 0.3 is 0 Å². The highest BCUT2D eigenvalue weighted by atomic mass is 16.3. The smallest absolute Gasteiger partial charge is 0.226 e. The fourth-order valence-corrected chi connectivity index (χ4v) is 1.96. The van der Waals surface area contributed by atoms with Crippen molar-refractivity contribution < 1.29 is 4.42 Å². The summed E-state index contributed by atoms with van der Waals surface area (Å²) in [6.07, 6.45) is 3.55. The third kappa shape index (κ3) is 3.20. The molecule has 0 atom stereocenters. The van der Waals surface area contributed by atoms with Gasteiger partial charge in [0.05, 0.1) is 5.69 Å². The number of aromatic nitrogens is 1. The Morgan fingerprint density at radius 1 is 1.22 bits per heavy atom. The number of hydrogen-bond acceptors (Lipinski definition) is 3. The zero-order chi connectivity index (χ0) is 13.0. The molecule has 0 aliphatic heterocycles. The molecular formula is C15H20N2O. The summed E-state index contributed by atoms with van der Waals surface area (Å²) < 4.78 is 5.46. The Balaban J connectivity index is 2.12. The Morgan fingerprint density at radius 3 is 2.56 bits per heavy atom. The van der Waals surface area contributed by atoms with E-state index in [1.54, 1.807) is 6.26 Å². The van der Waals surface area contributed by atoms with E-state index in [9.17, 15) is 0 Å². The number of rotatable bonds is 5. The normalized spacial score (nSPS) is 11.1. The molecule has 2 aromatic rings. The van der Waals surface area contributed by atoms with Crippen LogP contribution in [-0.2, 0) is 12.8 Å². The zero-order valence-corrected chi connectivity index (χ0v) is 11.0. The highest BCUT2D eigenvalue weighted by Crippen LogP contribution is 2.20. The Bertz CT molecular complexity index is 485. The number of nitrogens with two attached hydrogens (primary N) is 1. The minimum atomic E-state index is 0.597. The number of oxazole rings is 1. The molecule has 0 aliphatic rings. The van der Waals surface area contributed by atoms with E-state index in [0.717, 1.165) is 24.1 Å². The number of hydrogen-bond donors (Lipinski definition) is 1.